The molecular formula is C26H30ClN5O3. The summed E-state index contributed by atoms with van der Waals surface area (Å²) in [4.78, 5) is 39.8. The van der Waals surface area contributed by atoms with Crippen molar-refractivity contribution < 1.29 is 4.79 Å². The average Bonchev–Trinajstić information content (AvgIpc) is 3.15. The molecular weight excluding hydrogens is 466 g/mol. The molecule has 0 aliphatic carbocycles. The molecule has 8 nitrogen and oxygen atoms in total. The van der Waals surface area contributed by atoms with Gasteiger partial charge in [-0.15, -0.1) is 5.10 Å². The molecule has 0 bridgehead atoms. The number of rotatable bonds is 8. The normalized spacial score (nSPS) is 12.5. The molecule has 2 aromatic heterocycles. The fourth-order valence-electron chi connectivity index (χ4n) is 3.95. The third-order valence-corrected chi connectivity index (χ3v) is 6.61. The lowest BCUT2D eigenvalue weighted by molar-refractivity contribution is 0.0939. The number of halogens is 1. The molecule has 1 atom stereocenters. The highest BCUT2D eigenvalue weighted by atomic mass is 35.5. The summed E-state index contributed by atoms with van der Waals surface area (Å²) in [6, 6.07) is 12.1. The quantitative estimate of drug-likeness (QED) is 0.398. The highest BCUT2D eigenvalue weighted by Gasteiger charge is 2.20. The first-order chi connectivity index (χ1) is 16.7. The van der Waals surface area contributed by atoms with E-state index in [1.54, 1.807) is 28.8 Å². The van der Waals surface area contributed by atoms with Gasteiger partial charge in [-0.25, -0.2) is 13.9 Å². The maximum atomic E-state index is 13.6. The fourth-order valence-corrected chi connectivity index (χ4v) is 4.14. The Kier molecular flexibility index (Phi) is 7.12. The number of benzene rings is 2. The second-order valence-electron chi connectivity index (χ2n) is 9.32. The molecule has 0 saturated carbocycles. The summed E-state index contributed by atoms with van der Waals surface area (Å²) in [6.07, 6.45) is 1.54. The molecule has 0 spiro atoms. The number of nitrogens with zero attached hydrogens (tertiary/aromatic N) is 4. The molecule has 2 heterocycles. The van der Waals surface area contributed by atoms with Gasteiger partial charge in [0.25, 0.3) is 11.5 Å². The molecule has 4 aromatic rings. The standard InChI is InChI=1S/C26H30ClN5O3/c1-5-17(4)28-23(33)18-10-11-20-22(14-18)32-25(30(24(20)34)13-12-16(2)3)29-31(26(32)35)15-19-8-6-7-9-21(19)27/h6-11,14,16-17H,5,12-13,15H2,1-4H3,(H,28,33). The molecule has 9 heteroatoms. The first-order valence-corrected chi connectivity index (χ1v) is 12.3. The number of aryl methyl sites for hydroxylation is 1. The van der Waals surface area contributed by atoms with E-state index in [1.165, 1.54) is 9.08 Å². The first-order valence-electron chi connectivity index (χ1n) is 11.9. The average molecular weight is 496 g/mol. The van der Waals surface area contributed by atoms with E-state index in [4.69, 9.17) is 11.6 Å². The van der Waals surface area contributed by atoms with Gasteiger partial charge in [0.05, 0.1) is 17.4 Å². The van der Waals surface area contributed by atoms with Gasteiger partial charge in [-0.3, -0.25) is 14.2 Å². The van der Waals surface area contributed by atoms with Gasteiger partial charge in [-0.1, -0.05) is 50.6 Å². The molecule has 1 N–H and O–H groups in total. The predicted molar refractivity (Wildman–Crippen MR) is 138 cm³/mol. The van der Waals surface area contributed by atoms with Crippen LogP contribution in [0.3, 0.4) is 0 Å². The summed E-state index contributed by atoms with van der Waals surface area (Å²) < 4.78 is 4.28. The summed E-state index contributed by atoms with van der Waals surface area (Å²) in [5.41, 5.74) is 0.843. The number of hydrogen-bond donors (Lipinski definition) is 1. The van der Waals surface area contributed by atoms with Crippen molar-refractivity contribution in [2.24, 2.45) is 5.92 Å². The Hall–Kier alpha value is -3.39. The first kappa shape index (κ1) is 24.7. The molecule has 184 valence electrons. The van der Waals surface area contributed by atoms with Crippen molar-refractivity contribution >= 4 is 34.2 Å². The zero-order valence-corrected chi connectivity index (χ0v) is 21.2. The van der Waals surface area contributed by atoms with Crippen LogP contribution in [0.25, 0.3) is 16.7 Å². The van der Waals surface area contributed by atoms with Crippen LogP contribution in [0.4, 0.5) is 0 Å². The Morgan fingerprint density at radius 3 is 2.54 bits per heavy atom. The summed E-state index contributed by atoms with van der Waals surface area (Å²) in [6.45, 7) is 8.65. The number of aromatic nitrogens is 4. The Balaban J connectivity index is 1.95. The van der Waals surface area contributed by atoms with Crippen LogP contribution in [0.1, 0.15) is 56.5 Å². The van der Waals surface area contributed by atoms with Gasteiger partial charge in [0.2, 0.25) is 5.78 Å². The second kappa shape index (κ2) is 10.1. The maximum absolute atomic E-state index is 13.6. The number of nitrogens with one attached hydrogen (secondary N) is 1. The molecule has 0 fully saturated rings. The minimum atomic E-state index is -0.400. The molecule has 4 rings (SSSR count). The molecule has 0 aliphatic heterocycles. The highest BCUT2D eigenvalue weighted by Crippen LogP contribution is 2.18. The Morgan fingerprint density at radius 1 is 1.11 bits per heavy atom. The van der Waals surface area contributed by atoms with Crippen LogP contribution < -0.4 is 16.6 Å². The number of carbonyl (C=O) groups excluding carboxylic acids is 1. The topological polar surface area (TPSA) is 90.4 Å². The van der Waals surface area contributed by atoms with Crippen LogP contribution in [0, 0.1) is 5.92 Å². The Bertz CT molecular complexity index is 1520. The number of carbonyl (C=O) groups is 1. The van der Waals surface area contributed by atoms with Gasteiger partial charge in [0, 0.05) is 23.2 Å². The largest absolute Gasteiger partial charge is 0.352 e. The van der Waals surface area contributed by atoms with E-state index in [-0.39, 0.29) is 29.8 Å². The van der Waals surface area contributed by atoms with Crippen LogP contribution in [-0.4, -0.2) is 30.7 Å². The molecule has 0 radical (unpaired) electrons. The molecule has 0 saturated heterocycles. The number of fused-ring (bicyclic) bond motifs is 3. The zero-order chi connectivity index (χ0) is 25.3. The van der Waals surface area contributed by atoms with Crippen molar-refractivity contribution in [3.8, 4) is 0 Å². The molecule has 0 aliphatic rings. The van der Waals surface area contributed by atoms with E-state index in [0.717, 1.165) is 18.4 Å². The van der Waals surface area contributed by atoms with Gasteiger partial charge in [-0.2, -0.15) is 0 Å². The van der Waals surface area contributed by atoms with Gasteiger partial charge in [0.15, 0.2) is 0 Å². The lowest BCUT2D eigenvalue weighted by Gasteiger charge is -2.13. The van der Waals surface area contributed by atoms with Gasteiger partial charge in [-0.05, 0) is 55.5 Å². The summed E-state index contributed by atoms with van der Waals surface area (Å²) in [5.74, 6) is 0.357. The third-order valence-electron chi connectivity index (χ3n) is 6.24. The Labute approximate surface area is 208 Å². The third kappa shape index (κ3) is 4.89. The van der Waals surface area contributed by atoms with Crippen LogP contribution in [-0.2, 0) is 13.1 Å². The van der Waals surface area contributed by atoms with Gasteiger partial charge >= 0.3 is 5.69 Å². The molecule has 2 aromatic carbocycles. The lowest BCUT2D eigenvalue weighted by Crippen LogP contribution is -2.32. The van der Waals surface area contributed by atoms with E-state index >= 15 is 0 Å². The lowest BCUT2D eigenvalue weighted by atomic mass is 10.1. The Morgan fingerprint density at radius 2 is 1.86 bits per heavy atom. The highest BCUT2D eigenvalue weighted by molar-refractivity contribution is 6.31. The van der Waals surface area contributed by atoms with Crippen molar-refractivity contribution in [2.45, 2.75) is 59.7 Å². The van der Waals surface area contributed by atoms with Crippen molar-refractivity contribution in [1.29, 1.82) is 0 Å². The number of amides is 1. The maximum Gasteiger partial charge on any atom is 0.352 e. The fraction of sp³-hybridized carbons (Fsp3) is 0.385. The van der Waals surface area contributed by atoms with Gasteiger partial charge in [0.1, 0.15) is 0 Å². The summed E-state index contributed by atoms with van der Waals surface area (Å²) >= 11 is 6.32. The number of hydrogen-bond acceptors (Lipinski definition) is 4. The molecule has 1 unspecified atom stereocenters. The van der Waals surface area contributed by atoms with Gasteiger partial charge < -0.3 is 5.32 Å². The van der Waals surface area contributed by atoms with Crippen molar-refractivity contribution in [3.63, 3.8) is 0 Å². The molecule has 1 amide bonds. The van der Waals surface area contributed by atoms with Crippen LogP contribution in [0.15, 0.2) is 52.1 Å². The smallest absolute Gasteiger partial charge is 0.350 e. The minimum Gasteiger partial charge on any atom is -0.350 e. The minimum absolute atomic E-state index is 0.00310. The van der Waals surface area contributed by atoms with Crippen molar-refractivity contribution in [3.05, 3.63) is 79.5 Å². The van der Waals surface area contributed by atoms with E-state index < -0.39 is 5.69 Å². The van der Waals surface area contributed by atoms with E-state index in [0.29, 0.717) is 34.0 Å². The SMILES string of the molecule is CCC(C)NC(=O)c1ccc2c(=O)n(CCC(C)C)c3nn(Cc4ccccc4Cl)c(=O)n3c2c1. The van der Waals surface area contributed by atoms with Crippen molar-refractivity contribution in [2.75, 3.05) is 0 Å². The van der Waals surface area contributed by atoms with Crippen LogP contribution in [0.2, 0.25) is 5.02 Å². The second-order valence-corrected chi connectivity index (χ2v) is 9.73. The van der Waals surface area contributed by atoms with Crippen molar-refractivity contribution in [1.82, 2.24) is 24.1 Å². The summed E-state index contributed by atoms with van der Waals surface area (Å²) in [5, 5.41) is 8.37. The predicted octanol–water partition coefficient (Wildman–Crippen LogP) is 4.09. The van der Waals surface area contributed by atoms with E-state index in [1.807, 2.05) is 32.0 Å². The monoisotopic (exact) mass is 495 g/mol. The molecule has 35 heavy (non-hydrogen) atoms. The van der Waals surface area contributed by atoms with E-state index in [9.17, 15) is 14.4 Å². The van der Waals surface area contributed by atoms with Crippen LogP contribution >= 0.6 is 11.6 Å². The van der Waals surface area contributed by atoms with Crippen LogP contribution in [0.5, 0.6) is 0 Å². The zero-order valence-electron chi connectivity index (χ0n) is 20.4. The summed E-state index contributed by atoms with van der Waals surface area (Å²) in [7, 11) is 0. The van der Waals surface area contributed by atoms with E-state index in [2.05, 4.69) is 24.3 Å².